The van der Waals surface area contributed by atoms with Crippen LogP contribution in [0.15, 0.2) is 0 Å². The van der Waals surface area contributed by atoms with E-state index in [0.29, 0.717) is 11.6 Å². The molecule has 156 valence electrons. The Kier molecular flexibility index (Phi) is 15.6. The topological polar surface area (TPSA) is 139 Å². The van der Waals surface area contributed by atoms with Gasteiger partial charge >= 0.3 is 6.47 Å². The van der Waals surface area contributed by atoms with E-state index in [2.05, 4.69) is 10.2 Å². The van der Waals surface area contributed by atoms with Crippen LogP contribution in [0.1, 0.15) is 52.9 Å². The van der Waals surface area contributed by atoms with Crippen LogP contribution in [0.25, 0.3) is 0 Å². The molecule has 3 N–H and O–H groups in total. The fourth-order valence-corrected chi connectivity index (χ4v) is 2.10. The number of hydroxylamine groups is 2. The van der Waals surface area contributed by atoms with E-state index in [1.807, 2.05) is 32.8 Å². The van der Waals surface area contributed by atoms with Gasteiger partial charge in [0.1, 0.15) is 0 Å². The summed E-state index contributed by atoms with van der Waals surface area (Å²) in [6, 6.07) is -0.206. The molecule has 1 unspecified atom stereocenters. The van der Waals surface area contributed by atoms with Gasteiger partial charge in [0.15, 0.2) is 0 Å². The minimum Gasteiger partial charge on any atom is -0.368 e. The van der Waals surface area contributed by atoms with Crippen LogP contribution >= 0.6 is 0 Å². The number of rotatable bonds is 9. The summed E-state index contributed by atoms with van der Waals surface area (Å²) >= 11 is 0. The lowest BCUT2D eigenvalue weighted by molar-refractivity contribution is -0.188. The number of primary amides is 1. The molecule has 1 heterocycles. The van der Waals surface area contributed by atoms with Crippen LogP contribution in [0, 0.1) is 0 Å². The third kappa shape index (κ3) is 12.5. The second-order valence-corrected chi connectivity index (χ2v) is 5.64. The van der Waals surface area contributed by atoms with Crippen molar-refractivity contribution < 1.29 is 28.8 Å². The Morgan fingerprint density at radius 3 is 2.11 bits per heavy atom. The Labute approximate surface area is 160 Å². The van der Waals surface area contributed by atoms with Gasteiger partial charge in [-0.25, -0.2) is 0 Å². The quantitative estimate of drug-likeness (QED) is 0.184. The van der Waals surface area contributed by atoms with Crippen LogP contribution in [0.4, 0.5) is 0 Å². The molecule has 0 aliphatic carbocycles. The Morgan fingerprint density at radius 2 is 1.74 bits per heavy atom. The second-order valence-electron chi connectivity index (χ2n) is 5.64. The zero-order valence-corrected chi connectivity index (χ0v) is 16.8. The molecule has 27 heavy (non-hydrogen) atoms. The molecule has 1 aliphatic rings. The van der Waals surface area contributed by atoms with Gasteiger partial charge in [-0.3, -0.25) is 28.9 Å². The molecule has 10 heteroatoms. The van der Waals surface area contributed by atoms with Crippen LogP contribution in [0.3, 0.4) is 0 Å². The Morgan fingerprint density at radius 1 is 1.22 bits per heavy atom. The summed E-state index contributed by atoms with van der Waals surface area (Å²) in [7, 11) is 3.67. The summed E-state index contributed by atoms with van der Waals surface area (Å²) in [6.45, 7) is 6.21. The van der Waals surface area contributed by atoms with Crippen molar-refractivity contribution in [1.82, 2.24) is 15.3 Å². The first-order chi connectivity index (χ1) is 12.7. The molecular formula is C17H32N4O6. The maximum atomic E-state index is 11.0. The third-order valence-corrected chi connectivity index (χ3v) is 3.38. The van der Waals surface area contributed by atoms with Crippen molar-refractivity contribution in [3.63, 3.8) is 0 Å². The molecule has 0 aromatic heterocycles. The number of nitrogens with zero attached hydrogens (tertiary/aromatic N) is 2. The first-order valence-corrected chi connectivity index (χ1v) is 8.87. The normalized spacial score (nSPS) is 13.8. The van der Waals surface area contributed by atoms with E-state index < -0.39 is 11.8 Å². The molecule has 0 bridgehead atoms. The summed E-state index contributed by atoms with van der Waals surface area (Å²) in [5.74, 6) is -1.23. The lowest BCUT2D eigenvalue weighted by Crippen LogP contribution is -2.40. The Hall–Kier alpha value is -2.49. The van der Waals surface area contributed by atoms with Gasteiger partial charge < -0.3 is 15.9 Å². The van der Waals surface area contributed by atoms with Crippen LogP contribution in [0.5, 0.6) is 0 Å². The predicted octanol–water partition coefficient (Wildman–Crippen LogP) is -0.0421. The number of likely N-dealkylation sites (N-methyl/N-ethyl adjacent to an activating group) is 1. The van der Waals surface area contributed by atoms with Gasteiger partial charge in [0.25, 0.3) is 11.8 Å². The summed E-state index contributed by atoms with van der Waals surface area (Å²) in [4.78, 5) is 58.4. The highest BCUT2D eigenvalue weighted by atomic mass is 16.8. The van der Waals surface area contributed by atoms with Crippen molar-refractivity contribution in [3.8, 4) is 0 Å². The Balaban J connectivity index is 0. The van der Waals surface area contributed by atoms with Gasteiger partial charge in [-0.1, -0.05) is 13.8 Å². The summed E-state index contributed by atoms with van der Waals surface area (Å²) in [5, 5.41) is 3.19. The third-order valence-electron chi connectivity index (χ3n) is 3.38. The maximum Gasteiger partial charge on any atom is 0.321 e. The van der Waals surface area contributed by atoms with Gasteiger partial charge in [0.05, 0.1) is 6.04 Å². The van der Waals surface area contributed by atoms with Crippen molar-refractivity contribution in [2.75, 3.05) is 20.6 Å². The van der Waals surface area contributed by atoms with Gasteiger partial charge in [0, 0.05) is 26.3 Å². The molecule has 10 nitrogen and oxygen atoms in total. The first kappa shape index (κ1) is 26.7. The number of carbonyl (C=O) groups excluding carboxylic acids is 5. The van der Waals surface area contributed by atoms with Crippen LogP contribution in [-0.2, 0) is 28.8 Å². The van der Waals surface area contributed by atoms with E-state index in [1.165, 1.54) is 6.92 Å². The predicted molar refractivity (Wildman–Crippen MR) is 98.8 cm³/mol. The maximum absolute atomic E-state index is 11.0. The SMILES string of the molecule is CC(=O)NCCCCC(C(N)=O)[15N](C)C.O=[13CH]ON1C(=O)CCC1=O.[13CH3][13CH3]. The fourth-order valence-electron chi connectivity index (χ4n) is 2.10. The van der Waals surface area contributed by atoms with E-state index in [9.17, 15) is 24.0 Å². The van der Waals surface area contributed by atoms with Crippen molar-refractivity contribution in [1.29, 1.82) is 0 Å². The molecular weight excluding hydrogens is 360 g/mol. The highest BCUT2D eigenvalue weighted by Gasteiger charge is 2.30. The van der Waals surface area contributed by atoms with Crippen LogP contribution in [0.2, 0.25) is 0 Å². The minimum atomic E-state index is -0.461. The zero-order chi connectivity index (χ0) is 21.4. The van der Waals surface area contributed by atoms with E-state index in [0.717, 1.165) is 19.3 Å². The first-order valence-electron chi connectivity index (χ1n) is 8.87. The summed E-state index contributed by atoms with van der Waals surface area (Å²) < 4.78 is 0. The highest BCUT2D eigenvalue weighted by Crippen LogP contribution is 2.10. The Bertz CT molecular complexity index is 480. The molecule has 0 aromatic rings. The molecule has 1 aliphatic heterocycles. The number of nitrogens with one attached hydrogen (secondary N) is 1. The largest absolute Gasteiger partial charge is 0.368 e. The standard InChI is InChI=1S/C10H21N3O2.C5H5NO4.C2H6/c1-8(14)12-7-5-4-6-9(10(11)15)13(2)3;7-3-10-6-4(8)1-2-5(6)9;1-2/h9H,4-7H2,1-3H3,(H2,11,15)(H,12,14);3H,1-2H2;1-2H3/i13+1;3+1;1+1,2+1. The average Bonchev–Trinajstić information content (AvgIpc) is 2.92. The monoisotopic (exact) mass is 392 g/mol. The molecule has 0 aromatic carbocycles. The van der Waals surface area contributed by atoms with Crippen molar-refractivity contribution in [3.05, 3.63) is 0 Å². The molecule has 1 atom stereocenters. The highest BCUT2D eigenvalue weighted by molar-refractivity contribution is 6.01. The van der Waals surface area contributed by atoms with E-state index in [4.69, 9.17) is 5.73 Å². The molecule has 1 saturated heterocycles. The van der Waals surface area contributed by atoms with E-state index >= 15 is 0 Å². The van der Waals surface area contributed by atoms with Gasteiger partial charge in [-0.05, 0) is 33.4 Å². The number of imide groups is 1. The molecule has 0 spiro atoms. The molecule has 1 rings (SSSR count). The van der Waals surface area contributed by atoms with E-state index in [-0.39, 0.29) is 37.2 Å². The summed E-state index contributed by atoms with van der Waals surface area (Å²) in [6.07, 6.45) is 2.75. The number of carbonyl (C=O) groups is 5. The lowest BCUT2D eigenvalue weighted by atomic mass is 10.1. The smallest absolute Gasteiger partial charge is 0.321 e. The lowest BCUT2D eigenvalue weighted by Gasteiger charge is -2.20. The van der Waals surface area contributed by atoms with Gasteiger partial charge in [-0.15, -0.1) is 5.06 Å². The van der Waals surface area contributed by atoms with Crippen molar-refractivity contribution in [2.45, 2.75) is 58.9 Å². The van der Waals surface area contributed by atoms with Gasteiger partial charge in [-0.2, -0.15) is 0 Å². The number of nitrogens with two attached hydrogens (primary N) is 1. The number of amides is 4. The van der Waals surface area contributed by atoms with Gasteiger partial charge in [0.2, 0.25) is 11.8 Å². The van der Waals surface area contributed by atoms with E-state index in [1.54, 1.807) is 0 Å². The number of hydrogen-bond donors (Lipinski definition) is 2. The van der Waals surface area contributed by atoms with Crippen molar-refractivity contribution >= 4 is 30.1 Å². The second kappa shape index (κ2) is 15.7. The van der Waals surface area contributed by atoms with Crippen molar-refractivity contribution in [2.24, 2.45) is 5.73 Å². The molecule has 0 saturated carbocycles. The minimum absolute atomic E-state index is 0.0194. The van der Waals surface area contributed by atoms with Crippen LogP contribution < -0.4 is 11.1 Å². The molecule has 1 fully saturated rings. The number of unbranched alkanes of at least 4 members (excludes halogenated alkanes) is 1. The molecule has 4 amide bonds. The summed E-state index contributed by atoms with van der Waals surface area (Å²) in [5.41, 5.74) is 5.25. The fraction of sp³-hybridized carbons (Fsp3) is 0.706. The number of hydrogen-bond acceptors (Lipinski definition) is 7. The van der Waals surface area contributed by atoms with Crippen LogP contribution in [-0.4, -0.2) is 66.7 Å². The average molecular weight is 392 g/mol. The molecule has 0 radical (unpaired) electrons. The zero-order valence-electron chi connectivity index (χ0n) is 16.8.